The Hall–Kier alpha value is -2.77. The van der Waals surface area contributed by atoms with E-state index in [2.05, 4.69) is 52.8 Å². The fourth-order valence-corrected chi connectivity index (χ4v) is 3.71. The molecule has 31 heavy (non-hydrogen) atoms. The number of benzene rings is 2. The van der Waals surface area contributed by atoms with Crippen LogP contribution in [0, 0.1) is 0 Å². The molecular weight excluding hydrogens is 392 g/mol. The summed E-state index contributed by atoms with van der Waals surface area (Å²) in [6.07, 6.45) is 0. The van der Waals surface area contributed by atoms with E-state index in [1.807, 2.05) is 18.2 Å². The SMILES string of the molecule is CCNC(=NCc1ccc(OC)c(OC)c1)NCC(c1ccccc1)N1CCOCC1. The highest BCUT2D eigenvalue weighted by Gasteiger charge is 2.22. The average Bonchev–Trinajstić information content (AvgIpc) is 2.83. The van der Waals surface area contributed by atoms with Gasteiger partial charge in [0.2, 0.25) is 0 Å². The molecule has 7 nitrogen and oxygen atoms in total. The van der Waals surface area contributed by atoms with Crippen molar-refractivity contribution in [3.8, 4) is 11.5 Å². The summed E-state index contributed by atoms with van der Waals surface area (Å²) in [7, 11) is 3.28. The standard InChI is InChI=1S/C24H34N4O3/c1-4-25-24(26-17-19-10-11-22(29-2)23(16-19)30-3)27-18-21(20-8-6-5-7-9-20)28-12-14-31-15-13-28/h5-11,16,21H,4,12-15,17-18H2,1-3H3,(H2,25,26,27). The molecule has 3 rings (SSSR count). The lowest BCUT2D eigenvalue weighted by Gasteiger charge is -2.35. The van der Waals surface area contributed by atoms with Crippen molar-refractivity contribution in [2.75, 3.05) is 53.6 Å². The van der Waals surface area contributed by atoms with Gasteiger partial charge in [-0.25, -0.2) is 4.99 Å². The van der Waals surface area contributed by atoms with E-state index < -0.39 is 0 Å². The number of hydrogen-bond acceptors (Lipinski definition) is 5. The number of aliphatic imine (C=N–C) groups is 1. The predicted octanol–water partition coefficient (Wildman–Crippen LogP) is 2.83. The van der Waals surface area contributed by atoms with E-state index in [0.717, 1.165) is 56.7 Å². The number of ether oxygens (including phenoxy) is 3. The third kappa shape index (κ3) is 6.60. The molecule has 1 aliphatic heterocycles. The minimum Gasteiger partial charge on any atom is -0.493 e. The molecule has 0 spiro atoms. The molecule has 1 saturated heterocycles. The monoisotopic (exact) mass is 426 g/mol. The molecule has 7 heteroatoms. The summed E-state index contributed by atoms with van der Waals surface area (Å²) in [5, 5.41) is 6.89. The average molecular weight is 427 g/mol. The molecule has 2 aromatic carbocycles. The van der Waals surface area contributed by atoms with Crippen molar-refractivity contribution >= 4 is 5.96 Å². The van der Waals surface area contributed by atoms with Crippen LogP contribution in [0.4, 0.5) is 0 Å². The molecule has 0 radical (unpaired) electrons. The Balaban J connectivity index is 1.70. The Morgan fingerprint density at radius 3 is 2.45 bits per heavy atom. The molecule has 1 atom stereocenters. The minimum absolute atomic E-state index is 0.259. The molecule has 0 aliphatic carbocycles. The molecule has 1 unspecified atom stereocenters. The fourth-order valence-electron chi connectivity index (χ4n) is 3.71. The number of methoxy groups -OCH3 is 2. The maximum Gasteiger partial charge on any atom is 0.191 e. The van der Waals surface area contributed by atoms with Gasteiger partial charge in [-0.05, 0) is 30.2 Å². The third-order valence-corrected chi connectivity index (χ3v) is 5.35. The first kappa shape index (κ1) is 22.9. The normalized spacial score (nSPS) is 15.9. The summed E-state index contributed by atoms with van der Waals surface area (Å²) >= 11 is 0. The van der Waals surface area contributed by atoms with Gasteiger partial charge >= 0.3 is 0 Å². The highest BCUT2D eigenvalue weighted by molar-refractivity contribution is 5.79. The maximum absolute atomic E-state index is 5.56. The quantitative estimate of drug-likeness (QED) is 0.475. The van der Waals surface area contributed by atoms with Crippen LogP contribution in [0.1, 0.15) is 24.1 Å². The molecule has 1 aliphatic rings. The van der Waals surface area contributed by atoms with E-state index >= 15 is 0 Å². The molecule has 2 aromatic rings. The smallest absolute Gasteiger partial charge is 0.191 e. The van der Waals surface area contributed by atoms with E-state index in [-0.39, 0.29) is 6.04 Å². The van der Waals surface area contributed by atoms with Crippen LogP contribution in [0.2, 0.25) is 0 Å². The van der Waals surface area contributed by atoms with Crippen LogP contribution in [0.25, 0.3) is 0 Å². The summed E-state index contributed by atoms with van der Waals surface area (Å²) in [4.78, 5) is 7.26. The number of guanidine groups is 1. The van der Waals surface area contributed by atoms with Gasteiger partial charge in [0, 0.05) is 26.2 Å². The van der Waals surface area contributed by atoms with Crippen LogP contribution in [-0.2, 0) is 11.3 Å². The lowest BCUT2D eigenvalue weighted by molar-refractivity contribution is 0.0170. The van der Waals surface area contributed by atoms with Crippen LogP contribution in [0.15, 0.2) is 53.5 Å². The van der Waals surface area contributed by atoms with Crippen molar-refractivity contribution in [1.82, 2.24) is 15.5 Å². The second-order valence-electron chi connectivity index (χ2n) is 7.34. The van der Waals surface area contributed by atoms with Crippen molar-refractivity contribution in [3.63, 3.8) is 0 Å². The summed E-state index contributed by atoms with van der Waals surface area (Å²) in [6, 6.07) is 16.8. The van der Waals surface area contributed by atoms with Gasteiger partial charge in [-0.1, -0.05) is 36.4 Å². The Kier molecular flexibility index (Phi) is 8.99. The second kappa shape index (κ2) is 12.2. The van der Waals surface area contributed by atoms with E-state index in [1.54, 1.807) is 14.2 Å². The Labute approximate surface area is 185 Å². The van der Waals surface area contributed by atoms with Crippen LogP contribution < -0.4 is 20.1 Å². The van der Waals surface area contributed by atoms with Crippen LogP contribution >= 0.6 is 0 Å². The zero-order valence-electron chi connectivity index (χ0n) is 18.8. The van der Waals surface area contributed by atoms with Gasteiger partial charge in [0.15, 0.2) is 17.5 Å². The first-order chi connectivity index (χ1) is 15.2. The number of nitrogens with zero attached hydrogens (tertiary/aromatic N) is 2. The lowest BCUT2D eigenvalue weighted by atomic mass is 10.0. The zero-order chi connectivity index (χ0) is 21.9. The van der Waals surface area contributed by atoms with Crippen LogP contribution in [0.5, 0.6) is 11.5 Å². The number of morpholine rings is 1. The number of rotatable bonds is 9. The van der Waals surface area contributed by atoms with E-state index in [1.165, 1.54) is 5.56 Å². The third-order valence-electron chi connectivity index (χ3n) is 5.35. The highest BCUT2D eigenvalue weighted by atomic mass is 16.5. The van der Waals surface area contributed by atoms with Gasteiger partial charge < -0.3 is 24.8 Å². The topological polar surface area (TPSA) is 67.4 Å². The molecule has 1 fully saturated rings. The van der Waals surface area contributed by atoms with Crippen molar-refractivity contribution in [2.24, 2.45) is 4.99 Å². The first-order valence-corrected chi connectivity index (χ1v) is 10.8. The van der Waals surface area contributed by atoms with Gasteiger partial charge in [-0.3, -0.25) is 4.90 Å². The Morgan fingerprint density at radius 1 is 1.03 bits per heavy atom. The molecule has 0 saturated carbocycles. The molecular formula is C24H34N4O3. The van der Waals surface area contributed by atoms with Gasteiger partial charge in [0.1, 0.15) is 0 Å². The summed E-state index contributed by atoms with van der Waals surface area (Å²) in [5.41, 5.74) is 2.36. The number of nitrogens with one attached hydrogen (secondary N) is 2. The van der Waals surface area contributed by atoms with Crippen molar-refractivity contribution in [2.45, 2.75) is 19.5 Å². The summed E-state index contributed by atoms with van der Waals surface area (Å²) in [5.74, 6) is 2.23. The second-order valence-corrected chi connectivity index (χ2v) is 7.34. The molecule has 0 bridgehead atoms. The molecule has 2 N–H and O–H groups in total. The number of hydrogen-bond donors (Lipinski definition) is 2. The van der Waals surface area contributed by atoms with E-state index in [0.29, 0.717) is 12.3 Å². The Morgan fingerprint density at radius 2 is 1.77 bits per heavy atom. The van der Waals surface area contributed by atoms with Gasteiger partial charge in [-0.15, -0.1) is 0 Å². The predicted molar refractivity (Wildman–Crippen MR) is 124 cm³/mol. The van der Waals surface area contributed by atoms with Gasteiger partial charge in [-0.2, -0.15) is 0 Å². The molecule has 1 heterocycles. The van der Waals surface area contributed by atoms with Crippen LogP contribution in [-0.4, -0.2) is 64.5 Å². The zero-order valence-corrected chi connectivity index (χ0v) is 18.8. The van der Waals surface area contributed by atoms with Gasteiger partial charge in [0.05, 0.1) is 40.0 Å². The fraction of sp³-hybridized carbons (Fsp3) is 0.458. The minimum atomic E-state index is 0.259. The van der Waals surface area contributed by atoms with Crippen molar-refractivity contribution in [3.05, 3.63) is 59.7 Å². The maximum atomic E-state index is 5.56. The first-order valence-electron chi connectivity index (χ1n) is 10.8. The van der Waals surface area contributed by atoms with Crippen LogP contribution in [0.3, 0.4) is 0 Å². The Bertz CT molecular complexity index is 823. The molecule has 0 amide bonds. The van der Waals surface area contributed by atoms with E-state index in [4.69, 9.17) is 19.2 Å². The largest absolute Gasteiger partial charge is 0.493 e. The van der Waals surface area contributed by atoms with E-state index in [9.17, 15) is 0 Å². The summed E-state index contributed by atoms with van der Waals surface area (Å²) in [6.45, 7) is 7.59. The molecule has 0 aromatic heterocycles. The van der Waals surface area contributed by atoms with Gasteiger partial charge in [0.25, 0.3) is 0 Å². The van der Waals surface area contributed by atoms with Crippen molar-refractivity contribution < 1.29 is 14.2 Å². The highest BCUT2D eigenvalue weighted by Crippen LogP contribution is 2.27. The summed E-state index contributed by atoms with van der Waals surface area (Å²) < 4.78 is 16.3. The van der Waals surface area contributed by atoms with Crippen molar-refractivity contribution in [1.29, 1.82) is 0 Å². The molecule has 168 valence electrons. The lowest BCUT2D eigenvalue weighted by Crippen LogP contribution is -2.46.